The summed E-state index contributed by atoms with van der Waals surface area (Å²) in [6, 6.07) is 8.17. The van der Waals surface area contributed by atoms with Gasteiger partial charge in [0.25, 0.3) is 0 Å². The SMILES string of the molecule is CCC(C)Oc1cccc(NCC2(C)COC2)c1. The molecule has 2 rings (SSSR count). The second-order valence-electron chi connectivity index (χ2n) is 5.52. The van der Waals surface area contributed by atoms with Gasteiger partial charge < -0.3 is 14.8 Å². The smallest absolute Gasteiger partial charge is 0.121 e. The molecule has 1 aliphatic rings. The van der Waals surface area contributed by atoms with Gasteiger partial charge in [-0.05, 0) is 25.5 Å². The van der Waals surface area contributed by atoms with Gasteiger partial charge in [-0.25, -0.2) is 0 Å². The van der Waals surface area contributed by atoms with Crippen LogP contribution in [0.1, 0.15) is 27.2 Å². The normalized spacial score (nSPS) is 18.8. The predicted molar refractivity (Wildman–Crippen MR) is 74.2 cm³/mol. The van der Waals surface area contributed by atoms with Crippen molar-refractivity contribution in [3.63, 3.8) is 0 Å². The highest BCUT2D eigenvalue weighted by Gasteiger charge is 2.32. The number of rotatable bonds is 6. The lowest BCUT2D eigenvalue weighted by Crippen LogP contribution is -2.45. The molecule has 1 fully saturated rings. The Morgan fingerprint density at radius 2 is 2.22 bits per heavy atom. The maximum absolute atomic E-state index is 5.81. The van der Waals surface area contributed by atoms with Crippen LogP contribution in [0, 0.1) is 5.41 Å². The van der Waals surface area contributed by atoms with Crippen LogP contribution in [0.2, 0.25) is 0 Å². The van der Waals surface area contributed by atoms with E-state index in [1.807, 2.05) is 12.1 Å². The Morgan fingerprint density at radius 3 is 2.83 bits per heavy atom. The summed E-state index contributed by atoms with van der Waals surface area (Å²) in [7, 11) is 0. The molecule has 0 aliphatic carbocycles. The van der Waals surface area contributed by atoms with Crippen LogP contribution >= 0.6 is 0 Å². The molecule has 3 heteroatoms. The Labute approximate surface area is 109 Å². The Kier molecular flexibility index (Phi) is 4.12. The van der Waals surface area contributed by atoms with E-state index in [-0.39, 0.29) is 11.5 Å². The fourth-order valence-electron chi connectivity index (χ4n) is 1.86. The summed E-state index contributed by atoms with van der Waals surface area (Å²) in [5.74, 6) is 0.935. The molecule has 1 unspecified atom stereocenters. The first-order chi connectivity index (χ1) is 8.61. The molecule has 1 aromatic rings. The second kappa shape index (κ2) is 5.61. The Balaban J connectivity index is 1.90. The van der Waals surface area contributed by atoms with Crippen LogP contribution in [0.4, 0.5) is 5.69 Å². The van der Waals surface area contributed by atoms with E-state index in [4.69, 9.17) is 9.47 Å². The standard InChI is InChI=1S/C15H23NO2/c1-4-12(2)18-14-7-5-6-13(8-14)16-9-15(3)10-17-11-15/h5-8,12,16H,4,9-11H2,1-3H3. The molecule has 1 heterocycles. The zero-order valence-corrected chi connectivity index (χ0v) is 11.5. The summed E-state index contributed by atoms with van der Waals surface area (Å²) in [5.41, 5.74) is 1.40. The van der Waals surface area contributed by atoms with E-state index in [0.717, 1.165) is 37.6 Å². The predicted octanol–water partition coefficient (Wildman–Crippen LogP) is 3.31. The van der Waals surface area contributed by atoms with Gasteiger partial charge in [0, 0.05) is 23.7 Å². The minimum atomic E-state index is 0.262. The summed E-state index contributed by atoms with van der Waals surface area (Å²) < 4.78 is 11.1. The van der Waals surface area contributed by atoms with Crippen LogP contribution in [0.15, 0.2) is 24.3 Å². The van der Waals surface area contributed by atoms with Gasteiger partial charge in [0.2, 0.25) is 0 Å². The van der Waals surface area contributed by atoms with Crippen LogP contribution in [0.3, 0.4) is 0 Å². The zero-order valence-electron chi connectivity index (χ0n) is 11.5. The summed E-state index contributed by atoms with van der Waals surface area (Å²) in [6.45, 7) is 9.10. The number of ether oxygens (including phenoxy) is 2. The van der Waals surface area contributed by atoms with Crippen molar-refractivity contribution in [1.29, 1.82) is 0 Å². The molecule has 0 saturated carbocycles. The van der Waals surface area contributed by atoms with Crippen molar-refractivity contribution in [2.75, 3.05) is 25.1 Å². The van der Waals surface area contributed by atoms with Gasteiger partial charge in [0.1, 0.15) is 5.75 Å². The van der Waals surface area contributed by atoms with Crippen molar-refractivity contribution in [2.45, 2.75) is 33.3 Å². The highest BCUT2D eigenvalue weighted by Crippen LogP contribution is 2.27. The van der Waals surface area contributed by atoms with Gasteiger partial charge in [0.05, 0.1) is 19.3 Å². The Morgan fingerprint density at radius 1 is 1.44 bits per heavy atom. The van der Waals surface area contributed by atoms with E-state index in [1.165, 1.54) is 0 Å². The van der Waals surface area contributed by atoms with Crippen LogP contribution in [-0.4, -0.2) is 25.9 Å². The molecule has 0 aromatic heterocycles. The van der Waals surface area contributed by atoms with Crippen LogP contribution in [0.5, 0.6) is 5.75 Å². The van der Waals surface area contributed by atoms with Crippen molar-refractivity contribution < 1.29 is 9.47 Å². The Bertz CT molecular complexity index is 388. The van der Waals surface area contributed by atoms with Gasteiger partial charge >= 0.3 is 0 Å². The van der Waals surface area contributed by atoms with Crippen LogP contribution in [0.25, 0.3) is 0 Å². The molecule has 1 saturated heterocycles. The summed E-state index contributed by atoms with van der Waals surface area (Å²) in [4.78, 5) is 0. The highest BCUT2D eigenvalue weighted by atomic mass is 16.5. The van der Waals surface area contributed by atoms with Crippen molar-refractivity contribution in [3.8, 4) is 5.75 Å². The second-order valence-corrected chi connectivity index (χ2v) is 5.52. The average Bonchev–Trinajstić information content (AvgIpc) is 2.34. The van der Waals surface area contributed by atoms with Gasteiger partial charge in [-0.3, -0.25) is 0 Å². The number of benzene rings is 1. The third-order valence-electron chi connectivity index (χ3n) is 3.37. The van der Waals surface area contributed by atoms with E-state index in [2.05, 4.69) is 38.2 Å². The number of anilines is 1. The maximum Gasteiger partial charge on any atom is 0.121 e. The lowest BCUT2D eigenvalue weighted by atomic mass is 9.89. The third-order valence-corrected chi connectivity index (χ3v) is 3.37. The molecular formula is C15H23NO2. The number of hydrogen-bond acceptors (Lipinski definition) is 3. The van der Waals surface area contributed by atoms with Crippen molar-refractivity contribution in [2.24, 2.45) is 5.41 Å². The first kappa shape index (κ1) is 13.2. The largest absolute Gasteiger partial charge is 0.491 e. The minimum absolute atomic E-state index is 0.262. The molecule has 1 aliphatic heterocycles. The lowest BCUT2D eigenvalue weighted by Gasteiger charge is -2.38. The van der Waals surface area contributed by atoms with Gasteiger partial charge in [-0.2, -0.15) is 0 Å². The molecular weight excluding hydrogens is 226 g/mol. The fraction of sp³-hybridized carbons (Fsp3) is 0.600. The van der Waals surface area contributed by atoms with Crippen molar-refractivity contribution in [1.82, 2.24) is 0 Å². The number of nitrogens with one attached hydrogen (secondary N) is 1. The van der Waals surface area contributed by atoms with E-state index >= 15 is 0 Å². The minimum Gasteiger partial charge on any atom is -0.491 e. The highest BCUT2D eigenvalue weighted by molar-refractivity contribution is 5.48. The molecule has 0 spiro atoms. The van der Waals surface area contributed by atoms with Crippen molar-refractivity contribution >= 4 is 5.69 Å². The molecule has 100 valence electrons. The summed E-state index contributed by atoms with van der Waals surface area (Å²) in [5, 5.41) is 3.46. The third kappa shape index (κ3) is 3.39. The van der Waals surface area contributed by atoms with Gasteiger partial charge in [0.15, 0.2) is 0 Å². The molecule has 1 atom stereocenters. The molecule has 0 amide bonds. The van der Waals surface area contributed by atoms with Crippen LogP contribution in [-0.2, 0) is 4.74 Å². The van der Waals surface area contributed by atoms with Crippen LogP contribution < -0.4 is 10.1 Å². The summed E-state index contributed by atoms with van der Waals surface area (Å²) in [6.07, 6.45) is 1.28. The molecule has 1 N–H and O–H groups in total. The monoisotopic (exact) mass is 249 g/mol. The molecule has 18 heavy (non-hydrogen) atoms. The van der Waals surface area contributed by atoms with E-state index < -0.39 is 0 Å². The fourth-order valence-corrected chi connectivity index (χ4v) is 1.86. The molecule has 3 nitrogen and oxygen atoms in total. The summed E-state index contributed by atoms with van der Waals surface area (Å²) >= 11 is 0. The van der Waals surface area contributed by atoms with Gasteiger partial charge in [-0.15, -0.1) is 0 Å². The zero-order chi connectivity index (χ0) is 13.0. The first-order valence-electron chi connectivity index (χ1n) is 6.70. The molecule has 1 aromatic carbocycles. The van der Waals surface area contributed by atoms with E-state index in [1.54, 1.807) is 0 Å². The molecule has 0 radical (unpaired) electrons. The van der Waals surface area contributed by atoms with Crippen molar-refractivity contribution in [3.05, 3.63) is 24.3 Å². The van der Waals surface area contributed by atoms with Gasteiger partial charge in [-0.1, -0.05) is 19.9 Å². The Hall–Kier alpha value is -1.22. The molecule has 0 bridgehead atoms. The average molecular weight is 249 g/mol. The van der Waals surface area contributed by atoms with E-state index in [9.17, 15) is 0 Å². The lowest BCUT2D eigenvalue weighted by molar-refractivity contribution is -0.0924. The number of hydrogen-bond donors (Lipinski definition) is 1. The quantitative estimate of drug-likeness (QED) is 0.839. The van der Waals surface area contributed by atoms with E-state index in [0.29, 0.717) is 0 Å². The maximum atomic E-state index is 5.81. The first-order valence-corrected chi connectivity index (χ1v) is 6.70. The topological polar surface area (TPSA) is 30.5 Å².